The first kappa shape index (κ1) is 55.2. The molecule has 0 spiro atoms. The highest BCUT2D eigenvalue weighted by Crippen LogP contribution is 2.43. The van der Waals surface area contributed by atoms with Crippen molar-refractivity contribution in [3.63, 3.8) is 0 Å². The van der Waals surface area contributed by atoms with Crippen molar-refractivity contribution in [3.8, 4) is 0 Å². The van der Waals surface area contributed by atoms with E-state index in [-0.39, 0.29) is 19.4 Å². The van der Waals surface area contributed by atoms with Gasteiger partial charge in [-0.05, 0) is 83.5 Å². The van der Waals surface area contributed by atoms with Crippen LogP contribution in [0.1, 0.15) is 181 Å². The first-order valence-electron chi connectivity index (χ1n) is 22.3. The van der Waals surface area contributed by atoms with Gasteiger partial charge < -0.3 is 25.2 Å². The van der Waals surface area contributed by atoms with E-state index in [1.165, 1.54) is 70.6 Å². The third-order valence-corrected chi connectivity index (χ3v) is 10.2. The van der Waals surface area contributed by atoms with Crippen LogP contribution < -0.4 is 5.73 Å². The predicted molar refractivity (Wildman–Crippen MR) is 235 cm³/mol. The molecule has 12 heteroatoms. The van der Waals surface area contributed by atoms with Crippen molar-refractivity contribution in [1.82, 2.24) is 0 Å². The van der Waals surface area contributed by atoms with E-state index >= 15 is 0 Å². The van der Waals surface area contributed by atoms with Gasteiger partial charge in [0.25, 0.3) is 0 Å². The van der Waals surface area contributed by atoms with Crippen LogP contribution in [-0.4, -0.2) is 59.9 Å². The summed E-state index contributed by atoms with van der Waals surface area (Å²) in [5, 5.41) is 8.89. The molecule has 4 N–H and O–H groups in total. The van der Waals surface area contributed by atoms with Crippen LogP contribution in [0.15, 0.2) is 60.8 Å². The van der Waals surface area contributed by atoms with Crippen LogP contribution in [0.3, 0.4) is 0 Å². The molecule has 0 aliphatic carbocycles. The lowest BCUT2D eigenvalue weighted by molar-refractivity contribution is -0.161. The van der Waals surface area contributed by atoms with Crippen molar-refractivity contribution in [2.45, 2.75) is 193 Å². The predicted octanol–water partition coefficient (Wildman–Crippen LogP) is 12.0. The Morgan fingerprint density at radius 2 is 0.914 bits per heavy atom. The van der Waals surface area contributed by atoms with Crippen LogP contribution in [0, 0.1) is 0 Å². The van der Waals surface area contributed by atoms with Crippen LogP contribution in [0.25, 0.3) is 0 Å². The Labute approximate surface area is 351 Å². The van der Waals surface area contributed by atoms with Crippen LogP contribution in [-0.2, 0) is 37.5 Å². The third-order valence-electron chi connectivity index (χ3n) is 9.24. The topological polar surface area (TPSA) is 172 Å². The number of carbonyl (C=O) groups is 3. The second-order valence-corrected chi connectivity index (χ2v) is 16.3. The maximum atomic E-state index is 12.6. The standard InChI is InChI=1S/C46H80NO10P/c1-3-5-7-9-11-13-15-17-19-20-21-22-24-25-27-29-31-33-35-37-44(48)54-39-42(40-55-58(52,53)56-41-43(47)46(50)51)57-45(49)38-36-34-32-30-28-26-23-18-16-14-12-10-8-6-4-2/h11,13-14,16-17,19,21-22,25,27,42-43H,3-10,12,15,18,20,23-24,26,28-41,47H2,1-2H3,(H,50,51)(H,52,53)/b13-11-,16-14-,19-17-,22-21-,27-25-/t42-,43+/m1/s1. The van der Waals surface area contributed by atoms with Gasteiger partial charge in [-0.1, -0.05) is 145 Å². The van der Waals surface area contributed by atoms with E-state index in [1.807, 2.05) is 0 Å². The molecule has 0 fully saturated rings. The molecule has 0 bridgehead atoms. The summed E-state index contributed by atoms with van der Waals surface area (Å²) in [5.41, 5.74) is 5.33. The van der Waals surface area contributed by atoms with Gasteiger partial charge in [0.15, 0.2) is 6.10 Å². The van der Waals surface area contributed by atoms with Gasteiger partial charge in [0.05, 0.1) is 13.2 Å². The van der Waals surface area contributed by atoms with Crippen LogP contribution in [0.4, 0.5) is 0 Å². The summed E-state index contributed by atoms with van der Waals surface area (Å²) >= 11 is 0. The van der Waals surface area contributed by atoms with E-state index in [9.17, 15) is 23.8 Å². The Hall–Kier alpha value is -2.82. The molecule has 0 rings (SSSR count). The molecule has 0 aromatic rings. The Morgan fingerprint density at radius 3 is 1.43 bits per heavy atom. The maximum Gasteiger partial charge on any atom is 0.472 e. The van der Waals surface area contributed by atoms with Crippen molar-refractivity contribution in [2.75, 3.05) is 19.8 Å². The second-order valence-electron chi connectivity index (χ2n) is 14.8. The number of carboxylic acid groups (broad SMARTS) is 1. The van der Waals surface area contributed by atoms with Gasteiger partial charge in [0.2, 0.25) is 0 Å². The molecule has 0 aliphatic heterocycles. The summed E-state index contributed by atoms with van der Waals surface area (Å²) in [4.78, 5) is 46.0. The van der Waals surface area contributed by atoms with Crippen molar-refractivity contribution in [1.29, 1.82) is 0 Å². The number of carboxylic acids is 1. The number of phosphoric acid groups is 1. The van der Waals surface area contributed by atoms with Gasteiger partial charge in [0, 0.05) is 12.8 Å². The average Bonchev–Trinajstić information content (AvgIpc) is 3.20. The van der Waals surface area contributed by atoms with Crippen molar-refractivity contribution >= 4 is 25.7 Å². The minimum atomic E-state index is -4.73. The van der Waals surface area contributed by atoms with Gasteiger partial charge in [-0.25, -0.2) is 4.57 Å². The van der Waals surface area contributed by atoms with E-state index in [0.29, 0.717) is 12.8 Å². The highest BCUT2D eigenvalue weighted by molar-refractivity contribution is 7.47. The number of unbranched alkanes of at least 4 members (excludes halogenated alkanes) is 17. The van der Waals surface area contributed by atoms with E-state index in [0.717, 1.165) is 70.6 Å². The quantitative estimate of drug-likeness (QED) is 0.0231. The molecule has 0 radical (unpaired) electrons. The molecule has 0 heterocycles. The number of ether oxygens (including phenoxy) is 2. The van der Waals surface area contributed by atoms with Crippen molar-refractivity contribution in [3.05, 3.63) is 60.8 Å². The van der Waals surface area contributed by atoms with Crippen LogP contribution >= 0.6 is 7.82 Å². The fourth-order valence-corrected chi connectivity index (χ4v) is 6.47. The Balaban J connectivity index is 4.42. The van der Waals surface area contributed by atoms with Gasteiger partial charge >= 0.3 is 25.7 Å². The summed E-state index contributed by atoms with van der Waals surface area (Å²) in [6.45, 7) is 2.72. The molecule has 11 nitrogen and oxygen atoms in total. The second kappa shape index (κ2) is 40.9. The minimum Gasteiger partial charge on any atom is -0.480 e. The molecule has 58 heavy (non-hydrogen) atoms. The van der Waals surface area contributed by atoms with E-state index in [1.54, 1.807) is 0 Å². The van der Waals surface area contributed by atoms with Crippen LogP contribution in [0.2, 0.25) is 0 Å². The first-order chi connectivity index (χ1) is 28.1. The number of carbonyl (C=O) groups excluding carboxylic acids is 2. The summed E-state index contributed by atoms with van der Waals surface area (Å²) in [5.74, 6) is -2.43. The lowest BCUT2D eigenvalue weighted by Crippen LogP contribution is -2.34. The zero-order chi connectivity index (χ0) is 42.8. The van der Waals surface area contributed by atoms with E-state index < -0.39 is 51.1 Å². The van der Waals surface area contributed by atoms with E-state index in [4.69, 9.17) is 24.8 Å². The highest BCUT2D eigenvalue weighted by Gasteiger charge is 2.28. The van der Waals surface area contributed by atoms with Gasteiger partial charge in [0.1, 0.15) is 12.6 Å². The lowest BCUT2D eigenvalue weighted by atomic mass is 10.1. The molecule has 334 valence electrons. The first-order valence-corrected chi connectivity index (χ1v) is 23.8. The Kier molecular flexibility index (Phi) is 38.9. The largest absolute Gasteiger partial charge is 0.480 e. The number of nitrogens with two attached hydrogens (primary N) is 1. The number of hydrogen-bond donors (Lipinski definition) is 3. The van der Waals surface area contributed by atoms with Gasteiger partial charge in [-0.3, -0.25) is 23.4 Å². The molecule has 1 unspecified atom stereocenters. The Bertz CT molecular complexity index is 1210. The summed E-state index contributed by atoms with van der Waals surface area (Å²) in [7, 11) is -4.73. The molecule has 0 saturated heterocycles. The Morgan fingerprint density at radius 1 is 0.534 bits per heavy atom. The number of aliphatic carboxylic acids is 1. The molecular weight excluding hydrogens is 757 g/mol. The summed E-state index contributed by atoms with van der Waals surface area (Å²) < 4.78 is 32.7. The number of allylic oxidation sites excluding steroid dienone is 10. The molecular formula is C46H80NO10P. The van der Waals surface area contributed by atoms with Crippen molar-refractivity contribution in [2.24, 2.45) is 5.73 Å². The van der Waals surface area contributed by atoms with Crippen molar-refractivity contribution < 1.29 is 47.5 Å². The lowest BCUT2D eigenvalue weighted by Gasteiger charge is -2.20. The van der Waals surface area contributed by atoms with Gasteiger partial charge in [-0.15, -0.1) is 0 Å². The fourth-order valence-electron chi connectivity index (χ4n) is 5.69. The van der Waals surface area contributed by atoms with Crippen LogP contribution in [0.5, 0.6) is 0 Å². The van der Waals surface area contributed by atoms with E-state index in [2.05, 4.69) is 79.1 Å². The molecule has 0 amide bonds. The third kappa shape index (κ3) is 40.0. The van der Waals surface area contributed by atoms with Gasteiger partial charge in [-0.2, -0.15) is 0 Å². The zero-order valence-electron chi connectivity index (χ0n) is 36.1. The number of rotatable bonds is 41. The fraction of sp³-hybridized carbons (Fsp3) is 0.717. The molecule has 3 atom stereocenters. The normalized spacial score (nSPS) is 14.3. The average molecular weight is 838 g/mol. The number of phosphoric ester groups is 1. The summed E-state index contributed by atoms with van der Waals surface area (Å²) in [6, 6.07) is -1.53. The summed E-state index contributed by atoms with van der Waals surface area (Å²) in [6.07, 6.45) is 47.1. The number of esters is 2. The minimum absolute atomic E-state index is 0.147. The maximum absolute atomic E-state index is 12.6. The smallest absolute Gasteiger partial charge is 0.472 e. The number of hydrogen-bond acceptors (Lipinski definition) is 9. The molecule has 0 aromatic carbocycles. The monoisotopic (exact) mass is 838 g/mol. The zero-order valence-corrected chi connectivity index (χ0v) is 37.0. The molecule has 0 saturated carbocycles. The SMILES string of the molecule is CCCCC/C=C\C/C=C\C/C=C\C/C=C\CCCCCC(=O)OC[C@H](COP(=O)(O)OC[C@H](N)C(=O)O)OC(=O)CCCCCCCCC/C=C\CCCCCC. The molecule has 0 aromatic heterocycles. The molecule has 0 aliphatic rings. The highest BCUT2D eigenvalue weighted by atomic mass is 31.2.